The zero-order valence-electron chi connectivity index (χ0n) is 16.6. The highest BCUT2D eigenvalue weighted by Crippen LogP contribution is 2.28. The Kier molecular flexibility index (Phi) is 6.42. The van der Waals surface area contributed by atoms with E-state index in [1.54, 1.807) is 24.6 Å². The van der Waals surface area contributed by atoms with Gasteiger partial charge < -0.3 is 10.1 Å². The van der Waals surface area contributed by atoms with Crippen molar-refractivity contribution in [1.29, 1.82) is 0 Å². The molecule has 2 N–H and O–H groups in total. The predicted octanol–water partition coefficient (Wildman–Crippen LogP) is 4.24. The number of nitro benzene ring substituents is 1. The van der Waals surface area contributed by atoms with Gasteiger partial charge in [-0.25, -0.2) is 9.97 Å². The number of anilines is 1. The van der Waals surface area contributed by atoms with E-state index in [-0.39, 0.29) is 17.3 Å². The minimum absolute atomic E-state index is 0.0157. The van der Waals surface area contributed by atoms with Crippen LogP contribution < -0.4 is 10.1 Å². The summed E-state index contributed by atoms with van der Waals surface area (Å²) in [5, 5.41) is 23.2. The SMILES string of the molecule is COc1ccc(-c2nc(SCC(=O)Nc3nc(-c4cccc([N+](=O)[O-])c4)cs3)n[nH]2)cc1. The van der Waals surface area contributed by atoms with Gasteiger partial charge in [0.1, 0.15) is 5.75 Å². The van der Waals surface area contributed by atoms with Crippen LogP contribution in [0.1, 0.15) is 0 Å². The number of aromatic nitrogens is 4. The zero-order valence-corrected chi connectivity index (χ0v) is 18.3. The average molecular weight is 469 g/mol. The molecule has 0 aliphatic rings. The maximum Gasteiger partial charge on any atom is 0.270 e. The van der Waals surface area contributed by atoms with Crippen molar-refractivity contribution in [3.05, 3.63) is 64.0 Å². The highest BCUT2D eigenvalue weighted by molar-refractivity contribution is 7.99. The molecule has 0 atom stereocenters. The molecule has 0 saturated heterocycles. The largest absolute Gasteiger partial charge is 0.497 e. The third kappa shape index (κ3) is 5.10. The molecular weight excluding hydrogens is 452 g/mol. The van der Waals surface area contributed by atoms with Gasteiger partial charge in [0, 0.05) is 28.6 Å². The van der Waals surface area contributed by atoms with E-state index in [1.807, 2.05) is 24.3 Å². The van der Waals surface area contributed by atoms with Gasteiger partial charge in [-0.05, 0) is 24.3 Å². The van der Waals surface area contributed by atoms with Crippen molar-refractivity contribution < 1.29 is 14.5 Å². The Bertz CT molecular complexity index is 1250. The molecule has 0 fully saturated rings. The molecule has 2 aromatic carbocycles. The molecule has 0 unspecified atom stereocenters. The fraction of sp³-hybridized carbons (Fsp3) is 0.100. The molecule has 0 radical (unpaired) electrons. The number of carbonyl (C=O) groups is 1. The Balaban J connectivity index is 1.33. The Labute approximate surface area is 190 Å². The quantitative estimate of drug-likeness (QED) is 0.223. The summed E-state index contributed by atoms with van der Waals surface area (Å²) >= 11 is 2.43. The lowest BCUT2D eigenvalue weighted by atomic mass is 10.1. The van der Waals surface area contributed by atoms with Crippen LogP contribution in [0, 0.1) is 10.1 Å². The van der Waals surface area contributed by atoms with Crippen molar-refractivity contribution in [3.8, 4) is 28.4 Å². The van der Waals surface area contributed by atoms with Gasteiger partial charge in [0.2, 0.25) is 11.1 Å². The molecule has 4 aromatic rings. The van der Waals surface area contributed by atoms with E-state index in [1.165, 1.54) is 35.2 Å². The second-order valence-electron chi connectivity index (χ2n) is 6.38. The molecule has 2 heterocycles. The van der Waals surface area contributed by atoms with Crippen molar-refractivity contribution >= 4 is 39.8 Å². The molecule has 32 heavy (non-hydrogen) atoms. The molecule has 4 rings (SSSR count). The number of aromatic amines is 1. The first-order valence-corrected chi connectivity index (χ1v) is 11.1. The Morgan fingerprint density at radius 3 is 2.78 bits per heavy atom. The number of benzene rings is 2. The number of thioether (sulfide) groups is 1. The Morgan fingerprint density at radius 2 is 2.03 bits per heavy atom. The monoisotopic (exact) mass is 468 g/mol. The minimum Gasteiger partial charge on any atom is -0.497 e. The van der Waals surface area contributed by atoms with E-state index < -0.39 is 4.92 Å². The number of non-ortho nitro benzene ring substituents is 1. The van der Waals surface area contributed by atoms with E-state index >= 15 is 0 Å². The summed E-state index contributed by atoms with van der Waals surface area (Å²) < 4.78 is 5.14. The predicted molar refractivity (Wildman–Crippen MR) is 122 cm³/mol. The van der Waals surface area contributed by atoms with Crippen LogP contribution in [0.25, 0.3) is 22.6 Å². The number of methoxy groups -OCH3 is 1. The summed E-state index contributed by atoms with van der Waals surface area (Å²) in [5.41, 5.74) is 2.00. The summed E-state index contributed by atoms with van der Waals surface area (Å²) in [6.07, 6.45) is 0. The molecule has 10 nitrogen and oxygen atoms in total. The van der Waals surface area contributed by atoms with Crippen molar-refractivity contribution in [2.45, 2.75) is 5.16 Å². The fourth-order valence-corrected chi connectivity index (χ4v) is 4.05. The number of carbonyl (C=O) groups excluding carboxylic acids is 1. The first-order chi connectivity index (χ1) is 15.5. The molecule has 1 amide bonds. The van der Waals surface area contributed by atoms with Crippen LogP contribution >= 0.6 is 23.1 Å². The third-order valence-electron chi connectivity index (χ3n) is 4.26. The lowest BCUT2D eigenvalue weighted by Gasteiger charge is -2.00. The van der Waals surface area contributed by atoms with E-state index in [4.69, 9.17) is 4.74 Å². The van der Waals surface area contributed by atoms with Crippen LogP contribution in [0.4, 0.5) is 10.8 Å². The van der Waals surface area contributed by atoms with Crippen molar-refractivity contribution in [2.75, 3.05) is 18.2 Å². The van der Waals surface area contributed by atoms with Gasteiger partial charge in [-0.1, -0.05) is 23.9 Å². The molecule has 0 saturated carbocycles. The lowest BCUT2D eigenvalue weighted by molar-refractivity contribution is -0.384. The molecule has 12 heteroatoms. The van der Waals surface area contributed by atoms with Crippen LogP contribution in [0.15, 0.2) is 59.1 Å². The average Bonchev–Trinajstić information content (AvgIpc) is 3.48. The fourth-order valence-electron chi connectivity index (χ4n) is 2.72. The van der Waals surface area contributed by atoms with Gasteiger partial charge in [-0.15, -0.1) is 16.4 Å². The highest BCUT2D eigenvalue weighted by atomic mass is 32.2. The van der Waals surface area contributed by atoms with Crippen LogP contribution in [-0.2, 0) is 4.79 Å². The van der Waals surface area contributed by atoms with Crippen LogP contribution in [-0.4, -0.2) is 43.9 Å². The topological polar surface area (TPSA) is 136 Å². The van der Waals surface area contributed by atoms with Crippen LogP contribution in [0.2, 0.25) is 0 Å². The molecule has 2 aromatic heterocycles. The maximum atomic E-state index is 12.3. The van der Waals surface area contributed by atoms with Gasteiger partial charge in [-0.3, -0.25) is 20.0 Å². The van der Waals surface area contributed by atoms with Gasteiger partial charge in [0.05, 0.1) is 23.5 Å². The standard InChI is InChI=1S/C20H16N6O4S2/c1-30-15-7-5-12(6-8-15)18-23-20(25-24-18)32-11-17(27)22-19-21-16(10-31-19)13-3-2-4-14(9-13)26(28)29/h2-10H,11H2,1H3,(H,21,22,27)(H,23,24,25). The minimum atomic E-state index is -0.459. The second-order valence-corrected chi connectivity index (χ2v) is 8.18. The second kappa shape index (κ2) is 9.58. The summed E-state index contributed by atoms with van der Waals surface area (Å²) in [5.74, 6) is 1.18. The summed E-state index contributed by atoms with van der Waals surface area (Å²) in [7, 11) is 1.60. The van der Waals surface area contributed by atoms with E-state index in [2.05, 4.69) is 25.5 Å². The van der Waals surface area contributed by atoms with Crippen molar-refractivity contribution in [3.63, 3.8) is 0 Å². The van der Waals surface area contributed by atoms with Crippen LogP contribution in [0.5, 0.6) is 5.75 Å². The molecule has 0 aliphatic carbocycles. The first-order valence-electron chi connectivity index (χ1n) is 9.21. The molecular formula is C20H16N6O4S2. The van der Waals surface area contributed by atoms with Crippen molar-refractivity contribution in [1.82, 2.24) is 20.2 Å². The first kappa shape index (κ1) is 21.5. The molecule has 0 spiro atoms. The number of H-pyrrole nitrogens is 1. The summed E-state index contributed by atoms with van der Waals surface area (Å²) in [4.78, 5) is 31.5. The van der Waals surface area contributed by atoms with E-state index in [0.29, 0.717) is 27.4 Å². The number of ether oxygens (including phenoxy) is 1. The lowest BCUT2D eigenvalue weighted by Crippen LogP contribution is -2.13. The third-order valence-corrected chi connectivity index (χ3v) is 5.87. The number of nitrogens with one attached hydrogen (secondary N) is 2. The molecule has 0 bridgehead atoms. The smallest absolute Gasteiger partial charge is 0.270 e. The molecule has 0 aliphatic heterocycles. The summed E-state index contributed by atoms with van der Waals surface area (Å²) in [6.45, 7) is 0. The number of amides is 1. The van der Waals surface area contributed by atoms with Crippen LogP contribution in [0.3, 0.4) is 0 Å². The normalized spacial score (nSPS) is 10.7. The van der Waals surface area contributed by atoms with Gasteiger partial charge >= 0.3 is 0 Å². The maximum absolute atomic E-state index is 12.3. The zero-order chi connectivity index (χ0) is 22.5. The number of nitrogens with zero attached hydrogens (tertiary/aromatic N) is 4. The number of rotatable bonds is 8. The number of nitro groups is 1. The van der Waals surface area contributed by atoms with Gasteiger partial charge in [-0.2, -0.15) is 0 Å². The molecule has 162 valence electrons. The van der Waals surface area contributed by atoms with Crippen molar-refractivity contribution in [2.24, 2.45) is 0 Å². The van der Waals surface area contributed by atoms with Gasteiger partial charge in [0.15, 0.2) is 11.0 Å². The Morgan fingerprint density at radius 1 is 1.22 bits per heavy atom. The summed E-state index contributed by atoms with van der Waals surface area (Å²) in [6, 6.07) is 13.6. The number of thiazole rings is 1. The number of hydrogen-bond donors (Lipinski definition) is 2. The van der Waals surface area contributed by atoms with Gasteiger partial charge in [0.25, 0.3) is 5.69 Å². The number of hydrogen-bond acceptors (Lipinski definition) is 9. The van der Waals surface area contributed by atoms with E-state index in [9.17, 15) is 14.9 Å². The van der Waals surface area contributed by atoms with E-state index in [0.717, 1.165) is 11.3 Å². The Hall–Kier alpha value is -3.77. The highest BCUT2D eigenvalue weighted by Gasteiger charge is 2.13.